The zero-order chi connectivity index (χ0) is 22.4. The lowest BCUT2D eigenvalue weighted by atomic mass is 10.0. The topological polar surface area (TPSA) is 109 Å². The number of ether oxygens (including phenoxy) is 1. The second-order valence-corrected chi connectivity index (χ2v) is 8.34. The molecular weight excluding hydrogens is 420 g/mol. The molecule has 0 atom stereocenters. The van der Waals surface area contributed by atoms with Crippen molar-refractivity contribution in [3.05, 3.63) is 81.3 Å². The summed E-state index contributed by atoms with van der Waals surface area (Å²) >= 11 is 0. The van der Waals surface area contributed by atoms with E-state index in [0.717, 1.165) is 40.9 Å². The van der Waals surface area contributed by atoms with Crippen molar-refractivity contribution in [1.29, 1.82) is 0 Å². The third-order valence-electron chi connectivity index (χ3n) is 6.38. The average Bonchev–Trinajstić information content (AvgIpc) is 3.45. The van der Waals surface area contributed by atoms with Gasteiger partial charge in [0.15, 0.2) is 0 Å². The minimum atomic E-state index is -0.394. The van der Waals surface area contributed by atoms with Gasteiger partial charge in [-0.05, 0) is 35.2 Å². The molecule has 2 aliphatic rings. The lowest BCUT2D eigenvalue weighted by Crippen LogP contribution is -2.31. The van der Waals surface area contributed by atoms with Crippen molar-refractivity contribution in [1.82, 2.24) is 15.0 Å². The van der Waals surface area contributed by atoms with Crippen molar-refractivity contribution < 1.29 is 9.66 Å². The Kier molecular flexibility index (Phi) is 4.60. The highest BCUT2D eigenvalue weighted by Gasteiger charge is 2.30. The van der Waals surface area contributed by atoms with Crippen LogP contribution in [0.25, 0.3) is 10.9 Å². The van der Waals surface area contributed by atoms with Crippen molar-refractivity contribution in [2.24, 2.45) is 0 Å². The highest BCUT2D eigenvalue weighted by Crippen LogP contribution is 2.36. The highest BCUT2D eigenvalue weighted by atomic mass is 16.6. The predicted molar refractivity (Wildman–Crippen MR) is 125 cm³/mol. The lowest BCUT2D eigenvalue weighted by Gasteiger charge is -2.27. The molecule has 0 saturated carbocycles. The van der Waals surface area contributed by atoms with E-state index in [0.29, 0.717) is 32.1 Å². The molecular formula is C24H22N6O3. The van der Waals surface area contributed by atoms with Gasteiger partial charge in [0.1, 0.15) is 12.1 Å². The molecule has 33 heavy (non-hydrogen) atoms. The zero-order valence-corrected chi connectivity index (χ0v) is 17.9. The normalized spacial score (nSPS) is 14.6. The minimum absolute atomic E-state index is 0.0958. The van der Waals surface area contributed by atoms with Crippen molar-refractivity contribution in [2.45, 2.75) is 25.9 Å². The molecule has 4 heterocycles. The van der Waals surface area contributed by atoms with Gasteiger partial charge in [-0.15, -0.1) is 0 Å². The van der Waals surface area contributed by atoms with E-state index >= 15 is 0 Å². The number of fused-ring (bicyclic) bond motifs is 4. The fraction of sp³-hybridized carbons (Fsp3) is 0.250. The van der Waals surface area contributed by atoms with Gasteiger partial charge >= 0.3 is 5.69 Å². The van der Waals surface area contributed by atoms with Crippen LogP contribution in [0.3, 0.4) is 0 Å². The summed E-state index contributed by atoms with van der Waals surface area (Å²) in [6, 6.07) is 14.2. The number of nitro groups is 1. The monoisotopic (exact) mass is 442 g/mol. The van der Waals surface area contributed by atoms with Crippen LogP contribution in [0.2, 0.25) is 0 Å². The van der Waals surface area contributed by atoms with Gasteiger partial charge < -0.3 is 19.9 Å². The standard InChI is InChI=1S/C24H22N6O3/c31-30(32)22-23(25-12-15-5-6-21-16(11-15)8-10-33-21)26-14-27-24(22)29-9-7-18-17-3-1-2-4-19(17)28-20(18)13-29/h1-6,11,14,28H,7-10,12-13H2,(H,25,26,27). The second-order valence-electron chi connectivity index (χ2n) is 8.34. The molecule has 2 N–H and O–H groups in total. The van der Waals surface area contributed by atoms with Gasteiger partial charge in [0, 0.05) is 36.1 Å². The number of hydrogen-bond acceptors (Lipinski definition) is 7. The molecule has 0 spiro atoms. The highest BCUT2D eigenvalue weighted by molar-refractivity contribution is 5.85. The van der Waals surface area contributed by atoms with Crippen LogP contribution in [0.5, 0.6) is 5.75 Å². The largest absolute Gasteiger partial charge is 0.493 e. The molecule has 0 saturated heterocycles. The van der Waals surface area contributed by atoms with E-state index in [4.69, 9.17) is 4.74 Å². The van der Waals surface area contributed by atoms with Gasteiger partial charge in [-0.3, -0.25) is 10.1 Å². The third kappa shape index (κ3) is 3.42. The Morgan fingerprint density at radius 1 is 1.18 bits per heavy atom. The number of hydrogen-bond donors (Lipinski definition) is 2. The summed E-state index contributed by atoms with van der Waals surface area (Å²) in [5.74, 6) is 1.48. The van der Waals surface area contributed by atoms with Gasteiger partial charge in [-0.1, -0.05) is 30.3 Å². The number of benzene rings is 2. The molecule has 2 aromatic carbocycles. The van der Waals surface area contributed by atoms with E-state index in [2.05, 4.69) is 38.5 Å². The molecule has 2 aromatic heterocycles. The summed E-state index contributed by atoms with van der Waals surface area (Å²) in [6.45, 7) is 2.31. The number of aromatic nitrogens is 3. The lowest BCUT2D eigenvalue weighted by molar-refractivity contribution is -0.383. The van der Waals surface area contributed by atoms with Crippen LogP contribution in [0.4, 0.5) is 17.3 Å². The summed E-state index contributed by atoms with van der Waals surface area (Å²) in [6.07, 6.45) is 3.06. The molecule has 6 rings (SSSR count). The fourth-order valence-corrected chi connectivity index (χ4v) is 4.81. The number of rotatable bonds is 5. The van der Waals surface area contributed by atoms with Crippen molar-refractivity contribution >= 4 is 28.2 Å². The van der Waals surface area contributed by atoms with Gasteiger partial charge in [0.05, 0.1) is 18.1 Å². The summed E-state index contributed by atoms with van der Waals surface area (Å²) in [5.41, 5.74) is 5.52. The van der Waals surface area contributed by atoms with Crippen LogP contribution in [-0.4, -0.2) is 33.0 Å². The first kappa shape index (κ1) is 19.5. The van der Waals surface area contributed by atoms with Crippen LogP contribution in [-0.2, 0) is 25.9 Å². The third-order valence-corrected chi connectivity index (χ3v) is 6.38. The molecule has 9 nitrogen and oxygen atoms in total. The first-order valence-corrected chi connectivity index (χ1v) is 11.0. The Bertz CT molecular complexity index is 1380. The Morgan fingerprint density at radius 3 is 3.00 bits per heavy atom. The van der Waals surface area contributed by atoms with Crippen molar-refractivity contribution in [3.8, 4) is 5.75 Å². The number of nitrogens with zero attached hydrogens (tertiary/aromatic N) is 4. The fourth-order valence-electron chi connectivity index (χ4n) is 4.81. The molecule has 2 aliphatic heterocycles. The van der Waals surface area contributed by atoms with Crippen molar-refractivity contribution in [2.75, 3.05) is 23.4 Å². The second kappa shape index (κ2) is 7.77. The molecule has 9 heteroatoms. The van der Waals surface area contributed by atoms with Crippen molar-refractivity contribution in [3.63, 3.8) is 0 Å². The van der Waals surface area contributed by atoms with Gasteiger partial charge in [0.25, 0.3) is 0 Å². The van der Waals surface area contributed by atoms with E-state index in [1.54, 1.807) is 0 Å². The predicted octanol–water partition coefficient (Wildman–Crippen LogP) is 3.98. The number of anilines is 2. The van der Waals surface area contributed by atoms with E-state index in [1.807, 2.05) is 29.2 Å². The van der Waals surface area contributed by atoms with E-state index < -0.39 is 4.92 Å². The molecule has 0 radical (unpaired) electrons. The molecule has 0 amide bonds. The Balaban J connectivity index is 1.28. The Hall–Kier alpha value is -4.14. The smallest absolute Gasteiger partial charge is 0.353 e. The maximum atomic E-state index is 12.1. The van der Waals surface area contributed by atoms with Crippen LogP contribution >= 0.6 is 0 Å². The number of H-pyrrole nitrogens is 1. The number of aromatic amines is 1. The van der Waals surface area contributed by atoms with Gasteiger partial charge in [-0.25, -0.2) is 9.97 Å². The number of para-hydroxylation sites is 1. The maximum absolute atomic E-state index is 12.1. The Morgan fingerprint density at radius 2 is 2.09 bits per heavy atom. The molecule has 0 fully saturated rings. The molecule has 4 aromatic rings. The van der Waals surface area contributed by atoms with Crippen LogP contribution in [0.1, 0.15) is 22.4 Å². The first-order valence-electron chi connectivity index (χ1n) is 11.0. The molecule has 0 aliphatic carbocycles. The maximum Gasteiger partial charge on any atom is 0.353 e. The summed E-state index contributed by atoms with van der Waals surface area (Å²) in [7, 11) is 0. The summed E-state index contributed by atoms with van der Waals surface area (Å²) in [4.78, 5) is 25.6. The minimum Gasteiger partial charge on any atom is -0.493 e. The quantitative estimate of drug-likeness (QED) is 0.355. The zero-order valence-electron chi connectivity index (χ0n) is 17.9. The van der Waals surface area contributed by atoms with Crippen LogP contribution < -0.4 is 15.0 Å². The SMILES string of the molecule is O=[N+]([O-])c1c(NCc2ccc3c(c2)CCO3)ncnc1N1CCc2c([nH]c3ccccc23)C1. The Labute approximate surface area is 189 Å². The van der Waals surface area contributed by atoms with Crippen LogP contribution in [0.15, 0.2) is 48.8 Å². The van der Waals surface area contributed by atoms with E-state index in [1.165, 1.54) is 17.3 Å². The summed E-state index contributed by atoms with van der Waals surface area (Å²) in [5, 5.41) is 16.4. The first-order chi connectivity index (χ1) is 16.2. The van der Waals surface area contributed by atoms with Gasteiger partial charge in [-0.2, -0.15) is 0 Å². The molecule has 166 valence electrons. The average molecular weight is 442 g/mol. The van der Waals surface area contributed by atoms with E-state index in [9.17, 15) is 10.1 Å². The molecule has 0 unspecified atom stereocenters. The summed E-state index contributed by atoms with van der Waals surface area (Å²) < 4.78 is 5.56. The van der Waals surface area contributed by atoms with Crippen LogP contribution in [0, 0.1) is 10.1 Å². The van der Waals surface area contributed by atoms with Gasteiger partial charge in [0.2, 0.25) is 11.6 Å². The van der Waals surface area contributed by atoms with E-state index in [-0.39, 0.29) is 11.5 Å². The molecule has 0 bridgehead atoms. The number of nitrogens with one attached hydrogen (secondary N) is 2.